The van der Waals surface area contributed by atoms with Crippen molar-refractivity contribution in [3.05, 3.63) is 66.6 Å². The molecule has 0 aliphatic rings. The number of rotatable bonds is 6. The third-order valence-electron chi connectivity index (χ3n) is 5.63. The van der Waals surface area contributed by atoms with E-state index < -0.39 is 5.97 Å². The molecule has 0 spiro atoms. The standard InChI is InChI=1S/C25H27N5O3.C4H9N.C2H6/c1-6-33-23(31)19-12-17(32-5)8-9-18(19)22-29-20-11-15(16-13-27-24(26)28-14-16)7-10-21(20)30(22)25(2,3)4;1-3-4-5-2;1-2/h7-14H,6H2,1-5H3,(H2,26,27,28);3-5H,1-2H3;1-2H3/b;4-3+;. The first-order valence-corrected chi connectivity index (χ1v) is 13.4. The van der Waals surface area contributed by atoms with Crippen molar-refractivity contribution in [2.75, 3.05) is 26.5 Å². The van der Waals surface area contributed by atoms with Crippen LogP contribution in [0.25, 0.3) is 33.5 Å². The number of nitrogens with one attached hydrogen (secondary N) is 1. The van der Waals surface area contributed by atoms with Gasteiger partial charge >= 0.3 is 5.97 Å². The summed E-state index contributed by atoms with van der Waals surface area (Å²) < 4.78 is 12.8. The molecule has 2 aromatic heterocycles. The summed E-state index contributed by atoms with van der Waals surface area (Å²) in [6.45, 7) is 14.3. The molecule has 4 rings (SSSR count). The Morgan fingerprint density at radius 2 is 1.75 bits per heavy atom. The second-order valence-corrected chi connectivity index (χ2v) is 9.40. The molecule has 0 atom stereocenters. The Morgan fingerprint density at radius 3 is 2.27 bits per heavy atom. The second-order valence-electron chi connectivity index (χ2n) is 9.40. The summed E-state index contributed by atoms with van der Waals surface area (Å²) in [5.74, 6) is 1.06. The summed E-state index contributed by atoms with van der Waals surface area (Å²) in [6.07, 6.45) is 7.20. The molecule has 0 saturated carbocycles. The largest absolute Gasteiger partial charge is 0.497 e. The van der Waals surface area contributed by atoms with Crippen molar-refractivity contribution in [1.82, 2.24) is 24.8 Å². The zero-order valence-corrected chi connectivity index (χ0v) is 25.1. The fourth-order valence-corrected chi connectivity index (χ4v) is 4.00. The first kappa shape index (κ1) is 31.8. The molecule has 0 unspecified atom stereocenters. The van der Waals surface area contributed by atoms with E-state index in [0.717, 1.165) is 22.2 Å². The highest BCUT2D eigenvalue weighted by Gasteiger charge is 2.26. The van der Waals surface area contributed by atoms with Crippen LogP contribution in [-0.4, -0.2) is 46.3 Å². The molecule has 40 heavy (non-hydrogen) atoms. The Balaban J connectivity index is 0.000000722. The molecular weight excluding hydrogens is 504 g/mol. The molecule has 3 N–H and O–H groups in total. The van der Waals surface area contributed by atoms with Gasteiger partial charge in [-0.25, -0.2) is 19.7 Å². The van der Waals surface area contributed by atoms with Gasteiger partial charge in [0.05, 0.1) is 30.3 Å². The van der Waals surface area contributed by atoms with Crippen LogP contribution in [0.4, 0.5) is 5.95 Å². The number of ether oxygens (including phenoxy) is 2. The van der Waals surface area contributed by atoms with Gasteiger partial charge in [0.1, 0.15) is 11.6 Å². The lowest BCUT2D eigenvalue weighted by Crippen LogP contribution is -2.23. The summed E-state index contributed by atoms with van der Waals surface area (Å²) in [4.78, 5) is 25.9. The number of carbonyl (C=O) groups is 1. The quantitative estimate of drug-likeness (QED) is 0.265. The SMILES string of the molecule is C/C=C/NC.CC.CCOC(=O)c1cc(OC)ccc1-c1nc2cc(-c3cnc(N)nc3)ccc2n1C(C)(C)C. The number of imidazole rings is 1. The zero-order chi connectivity index (χ0) is 29.9. The first-order valence-electron chi connectivity index (χ1n) is 13.4. The van der Waals surface area contributed by atoms with Crippen LogP contribution in [0.2, 0.25) is 0 Å². The van der Waals surface area contributed by atoms with Gasteiger partial charge in [-0.3, -0.25) is 0 Å². The van der Waals surface area contributed by atoms with Gasteiger partial charge < -0.3 is 25.1 Å². The van der Waals surface area contributed by atoms with Gasteiger partial charge in [-0.2, -0.15) is 0 Å². The molecule has 2 heterocycles. The zero-order valence-electron chi connectivity index (χ0n) is 25.1. The van der Waals surface area contributed by atoms with E-state index in [0.29, 0.717) is 22.7 Å². The number of carbonyl (C=O) groups excluding carboxylic acids is 1. The maximum absolute atomic E-state index is 12.8. The Hall–Kier alpha value is -4.40. The molecule has 0 aliphatic carbocycles. The first-order chi connectivity index (χ1) is 19.1. The summed E-state index contributed by atoms with van der Waals surface area (Å²) >= 11 is 0. The van der Waals surface area contributed by atoms with Gasteiger partial charge in [-0.15, -0.1) is 0 Å². The van der Waals surface area contributed by atoms with E-state index in [1.165, 1.54) is 0 Å². The van der Waals surface area contributed by atoms with Crippen molar-refractivity contribution in [2.24, 2.45) is 0 Å². The number of methoxy groups -OCH3 is 1. The Bertz CT molecular complexity index is 1420. The van der Waals surface area contributed by atoms with Crippen molar-refractivity contribution in [2.45, 2.75) is 54.0 Å². The summed E-state index contributed by atoms with van der Waals surface area (Å²) in [7, 11) is 3.44. The molecule has 4 aromatic rings. The van der Waals surface area contributed by atoms with E-state index in [9.17, 15) is 4.79 Å². The average Bonchev–Trinajstić information content (AvgIpc) is 3.34. The highest BCUT2D eigenvalue weighted by atomic mass is 16.5. The number of nitrogens with two attached hydrogens (primary N) is 1. The third kappa shape index (κ3) is 7.59. The maximum Gasteiger partial charge on any atom is 0.339 e. The lowest BCUT2D eigenvalue weighted by molar-refractivity contribution is 0.0526. The Labute approximate surface area is 237 Å². The normalized spacial score (nSPS) is 10.8. The van der Waals surface area contributed by atoms with E-state index in [1.807, 2.05) is 70.4 Å². The minimum Gasteiger partial charge on any atom is -0.497 e. The van der Waals surface area contributed by atoms with Crippen LogP contribution >= 0.6 is 0 Å². The molecule has 0 radical (unpaired) electrons. The average molecular weight is 547 g/mol. The molecule has 214 valence electrons. The number of hydrogen-bond acceptors (Lipinski definition) is 8. The predicted octanol–water partition coefficient (Wildman–Crippen LogP) is 6.45. The third-order valence-corrected chi connectivity index (χ3v) is 5.63. The van der Waals surface area contributed by atoms with Gasteiger partial charge in [0.2, 0.25) is 5.95 Å². The minimum absolute atomic E-state index is 0.227. The minimum atomic E-state index is -0.418. The summed E-state index contributed by atoms with van der Waals surface area (Å²) in [5, 5.41) is 2.84. The monoisotopic (exact) mass is 546 g/mol. The second kappa shape index (κ2) is 14.7. The Morgan fingerprint density at radius 1 is 1.07 bits per heavy atom. The van der Waals surface area contributed by atoms with Crippen molar-refractivity contribution in [3.63, 3.8) is 0 Å². The van der Waals surface area contributed by atoms with E-state index in [-0.39, 0.29) is 18.1 Å². The summed E-state index contributed by atoms with van der Waals surface area (Å²) in [5.41, 5.74) is 9.91. The van der Waals surface area contributed by atoms with Crippen LogP contribution in [0.15, 0.2) is 61.1 Å². The van der Waals surface area contributed by atoms with Crippen LogP contribution in [0.3, 0.4) is 0 Å². The smallest absolute Gasteiger partial charge is 0.339 e. The molecule has 9 nitrogen and oxygen atoms in total. The number of anilines is 1. The number of benzene rings is 2. The molecular formula is C31H42N6O3. The van der Waals surface area contributed by atoms with E-state index in [1.54, 1.807) is 32.5 Å². The predicted molar refractivity (Wildman–Crippen MR) is 163 cm³/mol. The molecule has 9 heteroatoms. The molecule has 2 aromatic carbocycles. The van der Waals surface area contributed by atoms with Crippen molar-refractivity contribution in [3.8, 4) is 28.3 Å². The topological polar surface area (TPSA) is 117 Å². The fourth-order valence-electron chi connectivity index (χ4n) is 4.00. The molecule has 0 amide bonds. The van der Waals surface area contributed by atoms with Gasteiger partial charge in [0, 0.05) is 36.1 Å². The fraction of sp³-hybridized carbons (Fsp3) is 0.355. The van der Waals surface area contributed by atoms with Crippen LogP contribution in [-0.2, 0) is 10.3 Å². The highest BCUT2D eigenvalue weighted by molar-refractivity contribution is 5.98. The number of fused-ring (bicyclic) bond motifs is 1. The number of esters is 1. The lowest BCUT2D eigenvalue weighted by atomic mass is 10.0. The number of aromatic nitrogens is 4. The summed E-state index contributed by atoms with van der Waals surface area (Å²) in [6, 6.07) is 11.4. The van der Waals surface area contributed by atoms with Crippen LogP contribution in [0.1, 0.15) is 58.8 Å². The van der Waals surface area contributed by atoms with Crippen LogP contribution in [0.5, 0.6) is 5.75 Å². The van der Waals surface area contributed by atoms with E-state index in [4.69, 9.17) is 20.2 Å². The number of allylic oxidation sites excluding steroid dienone is 1. The lowest BCUT2D eigenvalue weighted by Gasteiger charge is -2.25. The number of nitrogens with zero attached hydrogens (tertiary/aromatic N) is 4. The van der Waals surface area contributed by atoms with Crippen molar-refractivity contribution in [1.29, 1.82) is 0 Å². The number of nitrogen functional groups attached to an aromatic ring is 1. The van der Waals surface area contributed by atoms with Crippen molar-refractivity contribution < 1.29 is 14.3 Å². The molecule has 0 bridgehead atoms. The van der Waals surface area contributed by atoms with Gasteiger partial charge in [0.15, 0.2) is 0 Å². The Kier molecular flexibility index (Phi) is 11.7. The van der Waals surface area contributed by atoms with Gasteiger partial charge in [-0.1, -0.05) is 26.0 Å². The van der Waals surface area contributed by atoms with Crippen molar-refractivity contribution >= 4 is 23.0 Å². The molecule has 0 fully saturated rings. The van der Waals surface area contributed by atoms with E-state index in [2.05, 4.69) is 40.6 Å². The van der Waals surface area contributed by atoms with Gasteiger partial charge in [-0.05, 0) is 76.7 Å². The molecule has 0 saturated heterocycles. The van der Waals surface area contributed by atoms with Crippen LogP contribution in [0, 0.1) is 0 Å². The highest BCUT2D eigenvalue weighted by Crippen LogP contribution is 2.36. The van der Waals surface area contributed by atoms with E-state index >= 15 is 0 Å². The van der Waals surface area contributed by atoms with Crippen LogP contribution < -0.4 is 15.8 Å². The number of hydrogen-bond donors (Lipinski definition) is 2. The maximum atomic E-state index is 12.8. The van der Waals surface area contributed by atoms with Gasteiger partial charge in [0.25, 0.3) is 0 Å². The molecule has 0 aliphatic heterocycles.